The van der Waals surface area contributed by atoms with E-state index in [4.69, 9.17) is 9.47 Å². The zero-order chi connectivity index (χ0) is 16.5. The first-order chi connectivity index (χ1) is 11.7. The molecule has 4 rings (SSSR count). The molecule has 1 saturated heterocycles. The quantitative estimate of drug-likeness (QED) is 0.819. The largest absolute Gasteiger partial charge is 0.454 e. The lowest BCUT2D eigenvalue weighted by molar-refractivity contribution is -0.122. The zero-order valence-corrected chi connectivity index (χ0v) is 15.2. The van der Waals surface area contributed by atoms with Gasteiger partial charge in [0.25, 0.3) is 0 Å². The van der Waals surface area contributed by atoms with E-state index >= 15 is 0 Å². The number of nitrogens with one attached hydrogen (secondary N) is 1. The molecule has 24 heavy (non-hydrogen) atoms. The van der Waals surface area contributed by atoms with Crippen molar-refractivity contribution in [2.45, 2.75) is 25.4 Å². The number of carbonyl (C=O) groups is 1. The van der Waals surface area contributed by atoms with E-state index in [0.717, 1.165) is 61.5 Å². The average Bonchev–Trinajstić information content (AvgIpc) is 3.25. The Labute approximate surface area is 150 Å². The third-order valence-corrected chi connectivity index (χ3v) is 5.45. The number of amides is 1. The molecule has 2 heterocycles. The van der Waals surface area contributed by atoms with Crippen molar-refractivity contribution < 1.29 is 14.3 Å². The molecule has 1 N–H and O–H groups in total. The molecule has 1 aromatic carbocycles. The van der Waals surface area contributed by atoms with E-state index in [0.29, 0.717) is 19.4 Å². The molecule has 0 aromatic heterocycles. The molecule has 2 aliphatic heterocycles. The van der Waals surface area contributed by atoms with Crippen molar-refractivity contribution in [1.29, 1.82) is 0 Å². The van der Waals surface area contributed by atoms with E-state index in [-0.39, 0.29) is 5.91 Å². The third kappa shape index (κ3) is 3.84. The fraction of sp³-hybridized carbons (Fsp3) is 0.588. The van der Waals surface area contributed by atoms with Crippen molar-refractivity contribution in [3.05, 3.63) is 22.2 Å². The predicted octanol–water partition coefficient (Wildman–Crippen LogP) is 1.57. The van der Waals surface area contributed by atoms with Gasteiger partial charge >= 0.3 is 0 Å². The highest BCUT2D eigenvalue weighted by Crippen LogP contribution is 2.37. The Bertz CT molecular complexity index is 628. The Morgan fingerprint density at radius 2 is 1.79 bits per heavy atom. The smallest absolute Gasteiger partial charge is 0.234 e. The van der Waals surface area contributed by atoms with Crippen LogP contribution < -0.4 is 14.8 Å². The number of ether oxygens (including phenoxy) is 2. The minimum Gasteiger partial charge on any atom is -0.454 e. The Kier molecular flexibility index (Phi) is 4.65. The molecule has 0 spiro atoms. The number of nitrogens with zero attached hydrogens (tertiary/aromatic N) is 2. The normalized spacial score (nSPS) is 21.0. The van der Waals surface area contributed by atoms with E-state index in [1.54, 1.807) is 0 Å². The number of fused-ring (bicyclic) bond motifs is 1. The summed E-state index contributed by atoms with van der Waals surface area (Å²) < 4.78 is 11.9. The number of piperazine rings is 1. The van der Waals surface area contributed by atoms with Gasteiger partial charge < -0.3 is 14.8 Å². The average molecular weight is 396 g/mol. The molecular weight excluding hydrogens is 374 g/mol. The number of rotatable bonds is 5. The summed E-state index contributed by atoms with van der Waals surface area (Å²) in [5.41, 5.74) is 1.21. The second-order valence-electron chi connectivity index (χ2n) is 6.69. The van der Waals surface area contributed by atoms with E-state index in [2.05, 4.69) is 37.1 Å². The highest BCUT2D eigenvalue weighted by Gasteiger charge is 2.25. The van der Waals surface area contributed by atoms with Crippen LogP contribution in [0.1, 0.15) is 18.4 Å². The topological polar surface area (TPSA) is 54.0 Å². The molecule has 0 unspecified atom stereocenters. The van der Waals surface area contributed by atoms with Crippen LogP contribution in [-0.4, -0.2) is 61.3 Å². The molecule has 130 valence electrons. The zero-order valence-electron chi connectivity index (χ0n) is 13.6. The standard InChI is InChI=1S/C17H22BrN3O3/c18-14-8-16-15(23-11-24-16)7-12(14)9-20-3-5-21(6-4-20)10-17(22)19-13-1-2-13/h7-8,13H,1-6,9-11H2,(H,19,22). The van der Waals surface area contributed by atoms with E-state index in [1.807, 2.05) is 6.07 Å². The van der Waals surface area contributed by atoms with E-state index in [1.165, 1.54) is 5.56 Å². The van der Waals surface area contributed by atoms with Gasteiger partial charge in [-0.15, -0.1) is 0 Å². The van der Waals surface area contributed by atoms with Crippen molar-refractivity contribution in [2.24, 2.45) is 0 Å². The van der Waals surface area contributed by atoms with Gasteiger partial charge in [0.2, 0.25) is 12.7 Å². The van der Waals surface area contributed by atoms with Crippen LogP contribution in [-0.2, 0) is 11.3 Å². The molecule has 1 amide bonds. The SMILES string of the molecule is O=C(CN1CCN(Cc2cc3c(cc2Br)OCO3)CC1)NC1CC1. The lowest BCUT2D eigenvalue weighted by atomic mass is 10.1. The molecule has 0 atom stereocenters. The second-order valence-corrected chi connectivity index (χ2v) is 7.55. The third-order valence-electron chi connectivity index (χ3n) is 4.71. The van der Waals surface area contributed by atoms with Crippen molar-refractivity contribution in [3.8, 4) is 11.5 Å². The van der Waals surface area contributed by atoms with Crippen LogP contribution in [0.15, 0.2) is 16.6 Å². The summed E-state index contributed by atoms with van der Waals surface area (Å²) >= 11 is 3.62. The van der Waals surface area contributed by atoms with Crippen molar-refractivity contribution >= 4 is 21.8 Å². The van der Waals surface area contributed by atoms with Gasteiger partial charge in [0, 0.05) is 43.2 Å². The van der Waals surface area contributed by atoms with Gasteiger partial charge in [-0.05, 0) is 30.5 Å². The number of halogens is 1. The number of hydrogen-bond acceptors (Lipinski definition) is 5. The molecule has 6 nitrogen and oxygen atoms in total. The first-order valence-corrected chi connectivity index (χ1v) is 9.29. The Balaban J connectivity index is 1.28. The minimum absolute atomic E-state index is 0.171. The summed E-state index contributed by atoms with van der Waals surface area (Å²) in [6.45, 7) is 5.50. The van der Waals surface area contributed by atoms with Crippen LogP contribution in [0.5, 0.6) is 11.5 Å². The van der Waals surface area contributed by atoms with Gasteiger partial charge in [-0.1, -0.05) is 15.9 Å². The molecule has 0 radical (unpaired) electrons. The fourth-order valence-electron chi connectivity index (χ4n) is 3.13. The Morgan fingerprint density at radius 3 is 2.50 bits per heavy atom. The lowest BCUT2D eigenvalue weighted by Crippen LogP contribution is -2.49. The molecule has 1 aliphatic carbocycles. The first-order valence-electron chi connectivity index (χ1n) is 8.49. The van der Waals surface area contributed by atoms with Crippen molar-refractivity contribution in [3.63, 3.8) is 0 Å². The summed E-state index contributed by atoms with van der Waals surface area (Å²) in [5, 5.41) is 3.06. The maximum Gasteiger partial charge on any atom is 0.234 e. The molecule has 3 aliphatic rings. The van der Waals surface area contributed by atoms with Crippen LogP contribution in [0.4, 0.5) is 0 Å². The van der Waals surface area contributed by atoms with Crippen LogP contribution in [0, 0.1) is 0 Å². The fourth-order valence-corrected chi connectivity index (χ4v) is 3.58. The van der Waals surface area contributed by atoms with Gasteiger partial charge in [0.05, 0.1) is 6.54 Å². The van der Waals surface area contributed by atoms with Crippen LogP contribution in [0.3, 0.4) is 0 Å². The van der Waals surface area contributed by atoms with Crippen LogP contribution in [0.25, 0.3) is 0 Å². The Hall–Kier alpha value is -1.31. The molecular formula is C17H22BrN3O3. The maximum absolute atomic E-state index is 11.9. The Morgan fingerprint density at radius 1 is 1.12 bits per heavy atom. The number of carbonyl (C=O) groups excluding carboxylic acids is 1. The van der Waals surface area contributed by atoms with E-state index < -0.39 is 0 Å². The summed E-state index contributed by atoms with van der Waals surface area (Å²) in [6, 6.07) is 4.49. The van der Waals surface area contributed by atoms with Crippen molar-refractivity contribution in [2.75, 3.05) is 39.5 Å². The van der Waals surface area contributed by atoms with Gasteiger partial charge in [-0.25, -0.2) is 0 Å². The van der Waals surface area contributed by atoms with Gasteiger partial charge in [0.1, 0.15) is 0 Å². The van der Waals surface area contributed by atoms with Gasteiger partial charge in [-0.3, -0.25) is 14.6 Å². The van der Waals surface area contributed by atoms with E-state index in [9.17, 15) is 4.79 Å². The van der Waals surface area contributed by atoms with Crippen LogP contribution in [0.2, 0.25) is 0 Å². The summed E-state index contributed by atoms with van der Waals surface area (Å²) in [5.74, 6) is 1.80. The summed E-state index contributed by atoms with van der Waals surface area (Å²) in [7, 11) is 0. The lowest BCUT2D eigenvalue weighted by Gasteiger charge is -2.34. The summed E-state index contributed by atoms with van der Waals surface area (Å²) in [4.78, 5) is 16.5. The summed E-state index contributed by atoms with van der Waals surface area (Å²) in [6.07, 6.45) is 2.29. The highest BCUT2D eigenvalue weighted by atomic mass is 79.9. The first kappa shape index (κ1) is 16.2. The molecule has 7 heteroatoms. The maximum atomic E-state index is 11.9. The molecule has 1 saturated carbocycles. The molecule has 0 bridgehead atoms. The highest BCUT2D eigenvalue weighted by molar-refractivity contribution is 9.10. The predicted molar refractivity (Wildman–Crippen MR) is 93.1 cm³/mol. The van der Waals surface area contributed by atoms with Crippen molar-refractivity contribution in [1.82, 2.24) is 15.1 Å². The van der Waals surface area contributed by atoms with Gasteiger partial charge in [-0.2, -0.15) is 0 Å². The molecule has 2 fully saturated rings. The van der Waals surface area contributed by atoms with Crippen LogP contribution >= 0.6 is 15.9 Å². The monoisotopic (exact) mass is 395 g/mol. The minimum atomic E-state index is 0.171. The van der Waals surface area contributed by atoms with Gasteiger partial charge in [0.15, 0.2) is 11.5 Å². The molecule has 1 aromatic rings. The number of hydrogen-bond donors (Lipinski definition) is 1. The second kappa shape index (κ2) is 6.90. The number of benzene rings is 1.